The lowest BCUT2D eigenvalue weighted by Crippen LogP contribution is -2.44. The maximum Gasteiger partial charge on any atom is 0.232 e. The van der Waals surface area contributed by atoms with Crippen LogP contribution in [0.3, 0.4) is 0 Å². The van der Waals surface area contributed by atoms with Gasteiger partial charge in [0.2, 0.25) is 5.91 Å². The minimum absolute atomic E-state index is 0.283. The Kier molecular flexibility index (Phi) is 7.59. The van der Waals surface area contributed by atoms with Gasteiger partial charge in [0.15, 0.2) is 0 Å². The lowest BCUT2D eigenvalue weighted by Gasteiger charge is -2.35. The van der Waals surface area contributed by atoms with Crippen LogP contribution in [-0.2, 0) is 4.79 Å². The van der Waals surface area contributed by atoms with Crippen LogP contribution >= 0.6 is 11.8 Å². The highest BCUT2D eigenvalue weighted by atomic mass is 32.2. The number of rotatable bonds is 8. The molecule has 1 unspecified atom stereocenters. The van der Waals surface area contributed by atoms with Crippen LogP contribution in [0.2, 0.25) is 0 Å². The van der Waals surface area contributed by atoms with Crippen molar-refractivity contribution in [1.82, 2.24) is 4.90 Å². The highest BCUT2D eigenvalue weighted by Crippen LogP contribution is 2.21. The fraction of sp³-hybridized carbons (Fsp3) is 0.611. The summed E-state index contributed by atoms with van der Waals surface area (Å²) in [4.78, 5) is 14.4. The SMILES string of the molecule is CCC1CCCCN1C(=O)CSCCOc1ccc(OC)cc1. The predicted octanol–water partition coefficient (Wildman–Crippen LogP) is 3.60. The van der Waals surface area contributed by atoms with Gasteiger partial charge in [0, 0.05) is 18.3 Å². The van der Waals surface area contributed by atoms with Crippen LogP contribution in [0.1, 0.15) is 32.6 Å². The van der Waals surface area contributed by atoms with Crippen LogP contribution in [0.5, 0.6) is 11.5 Å². The predicted molar refractivity (Wildman–Crippen MR) is 95.5 cm³/mol. The van der Waals surface area contributed by atoms with E-state index in [1.165, 1.54) is 6.42 Å². The van der Waals surface area contributed by atoms with Crippen LogP contribution in [-0.4, -0.2) is 48.6 Å². The van der Waals surface area contributed by atoms with Crippen LogP contribution in [0.25, 0.3) is 0 Å². The minimum atomic E-state index is 0.283. The average Bonchev–Trinajstić information content (AvgIpc) is 2.61. The largest absolute Gasteiger partial charge is 0.497 e. The van der Waals surface area contributed by atoms with E-state index in [4.69, 9.17) is 9.47 Å². The second kappa shape index (κ2) is 9.71. The van der Waals surface area contributed by atoms with E-state index in [1.807, 2.05) is 24.3 Å². The molecule has 0 saturated carbocycles. The number of carbonyl (C=O) groups excluding carboxylic acids is 1. The van der Waals surface area contributed by atoms with Crippen LogP contribution < -0.4 is 9.47 Å². The summed E-state index contributed by atoms with van der Waals surface area (Å²) in [6.07, 6.45) is 4.63. The highest BCUT2D eigenvalue weighted by molar-refractivity contribution is 7.99. The van der Waals surface area contributed by atoms with Gasteiger partial charge in [-0.25, -0.2) is 0 Å². The lowest BCUT2D eigenvalue weighted by atomic mass is 10.0. The third-order valence-electron chi connectivity index (χ3n) is 4.20. The van der Waals surface area contributed by atoms with Crippen molar-refractivity contribution in [2.24, 2.45) is 0 Å². The molecule has 1 aromatic rings. The molecule has 5 heteroatoms. The number of hydrogen-bond donors (Lipinski definition) is 0. The van der Waals surface area contributed by atoms with E-state index < -0.39 is 0 Å². The van der Waals surface area contributed by atoms with E-state index in [-0.39, 0.29) is 5.91 Å². The molecule has 1 amide bonds. The fourth-order valence-corrected chi connectivity index (χ4v) is 3.57. The first-order valence-corrected chi connectivity index (χ1v) is 9.54. The normalized spacial score (nSPS) is 17.8. The Morgan fingerprint density at radius 3 is 2.70 bits per heavy atom. The number of methoxy groups -OCH3 is 1. The first kappa shape index (κ1) is 18.0. The number of carbonyl (C=O) groups is 1. The van der Waals surface area contributed by atoms with Gasteiger partial charge in [-0.05, 0) is 49.9 Å². The molecule has 0 N–H and O–H groups in total. The number of nitrogens with zero attached hydrogens (tertiary/aromatic N) is 1. The Bertz CT molecular complexity index is 478. The Morgan fingerprint density at radius 1 is 1.26 bits per heavy atom. The van der Waals surface area contributed by atoms with Crippen molar-refractivity contribution in [3.63, 3.8) is 0 Å². The molecule has 0 aromatic heterocycles. The summed E-state index contributed by atoms with van der Waals surface area (Å²) in [6, 6.07) is 8.01. The van der Waals surface area contributed by atoms with Gasteiger partial charge in [-0.15, -0.1) is 11.8 Å². The molecule has 128 valence electrons. The van der Waals surface area contributed by atoms with Gasteiger partial charge in [0.05, 0.1) is 19.5 Å². The molecule has 0 aliphatic carbocycles. The molecule has 1 atom stereocenters. The van der Waals surface area contributed by atoms with Crippen molar-refractivity contribution in [3.05, 3.63) is 24.3 Å². The summed E-state index contributed by atoms with van der Waals surface area (Å²) in [5.74, 6) is 3.32. The van der Waals surface area contributed by atoms with Gasteiger partial charge in [-0.1, -0.05) is 6.92 Å². The number of piperidine rings is 1. The standard InChI is InChI=1S/C18H27NO3S/c1-3-15-6-4-5-11-19(15)18(20)14-23-13-12-22-17-9-7-16(21-2)8-10-17/h7-10,15H,3-6,11-14H2,1-2H3. The van der Waals surface area contributed by atoms with Crippen molar-refractivity contribution in [2.75, 3.05) is 31.8 Å². The Labute approximate surface area is 143 Å². The lowest BCUT2D eigenvalue weighted by molar-refractivity contribution is -0.132. The minimum Gasteiger partial charge on any atom is -0.497 e. The third-order valence-corrected chi connectivity index (χ3v) is 5.11. The van der Waals surface area contributed by atoms with Gasteiger partial charge < -0.3 is 14.4 Å². The fourth-order valence-electron chi connectivity index (χ4n) is 2.89. The van der Waals surface area contributed by atoms with Gasteiger partial charge >= 0.3 is 0 Å². The summed E-state index contributed by atoms with van der Waals surface area (Å²) < 4.78 is 10.8. The molecular weight excluding hydrogens is 310 g/mol. The number of ether oxygens (including phenoxy) is 2. The number of hydrogen-bond acceptors (Lipinski definition) is 4. The molecule has 1 saturated heterocycles. The Hall–Kier alpha value is -1.36. The van der Waals surface area contributed by atoms with Gasteiger partial charge in [-0.3, -0.25) is 4.79 Å². The average molecular weight is 337 g/mol. The first-order valence-electron chi connectivity index (χ1n) is 8.38. The van der Waals surface area contributed by atoms with Crippen molar-refractivity contribution in [1.29, 1.82) is 0 Å². The molecule has 1 fully saturated rings. The number of amides is 1. The van der Waals surface area contributed by atoms with Crippen molar-refractivity contribution >= 4 is 17.7 Å². The maximum atomic E-state index is 12.3. The first-order chi connectivity index (χ1) is 11.2. The second-order valence-corrected chi connectivity index (χ2v) is 6.83. The molecule has 1 aliphatic heterocycles. The van der Waals surface area contributed by atoms with Crippen LogP contribution in [0, 0.1) is 0 Å². The Morgan fingerprint density at radius 2 is 2.00 bits per heavy atom. The number of likely N-dealkylation sites (tertiary alicyclic amines) is 1. The molecule has 1 aromatic carbocycles. The van der Waals surface area contributed by atoms with Crippen LogP contribution in [0.15, 0.2) is 24.3 Å². The molecule has 0 radical (unpaired) electrons. The Balaban J connectivity index is 1.63. The monoisotopic (exact) mass is 337 g/mol. The van der Waals surface area contributed by atoms with E-state index in [1.54, 1.807) is 18.9 Å². The molecule has 23 heavy (non-hydrogen) atoms. The van der Waals surface area contributed by atoms with Crippen LogP contribution in [0.4, 0.5) is 0 Å². The van der Waals surface area contributed by atoms with E-state index >= 15 is 0 Å². The van der Waals surface area contributed by atoms with Gasteiger partial charge in [0.1, 0.15) is 11.5 Å². The molecule has 1 aliphatic rings. The van der Waals surface area contributed by atoms with E-state index in [0.29, 0.717) is 18.4 Å². The second-order valence-electron chi connectivity index (χ2n) is 5.72. The summed E-state index contributed by atoms with van der Waals surface area (Å²) in [6.45, 7) is 3.72. The number of thioether (sulfide) groups is 1. The molecule has 1 heterocycles. The van der Waals surface area contributed by atoms with Gasteiger partial charge in [-0.2, -0.15) is 0 Å². The summed E-state index contributed by atoms with van der Waals surface area (Å²) in [5, 5.41) is 0. The quantitative estimate of drug-likeness (QED) is 0.680. The number of benzene rings is 1. The van der Waals surface area contributed by atoms with E-state index in [9.17, 15) is 4.79 Å². The molecular formula is C18H27NO3S. The summed E-state index contributed by atoms with van der Waals surface area (Å²) in [7, 11) is 1.65. The third kappa shape index (κ3) is 5.65. The zero-order chi connectivity index (χ0) is 16.5. The van der Waals surface area contributed by atoms with Crippen molar-refractivity contribution < 1.29 is 14.3 Å². The maximum absolute atomic E-state index is 12.3. The molecule has 0 bridgehead atoms. The van der Waals surface area contributed by atoms with Gasteiger partial charge in [0.25, 0.3) is 0 Å². The summed E-state index contributed by atoms with van der Waals surface area (Å²) >= 11 is 1.65. The van der Waals surface area contributed by atoms with E-state index in [2.05, 4.69) is 11.8 Å². The smallest absolute Gasteiger partial charge is 0.232 e. The zero-order valence-electron chi connectivity index (χ0n) is 14.1. The summed E-state index contributed by atoms with van der Waals surface area (Å²) in [5.41, 5.74) is 0. The molecule has 4 nitrogen and oxygen atoms in total. The van der Waals surface area contributed by atoms with E-state index in [0.717, 1.165) is 43.1 Å². The molecule has 2 rings (SSSR count). The zero-order valence-corrected chi connectivity index (χ0v) is 14.9. The molecule has 0 spiro atoms. The highest BCUT2D eigenvalue weighted by Gasteiger charge is 2.24. The van der Waals surface area contributed by atoms with Crippen molar-refractivity contribution in [3.8, 4) is 11.5 Å². The topological polar surface area (TPSA) is 38.8 Å². The van der Waals surface area contributed by atoms with Crippen molar-refractivity contribution in [2.45, 2.75) is 38.6 Å².